The topological polar surface area (TPSA) is 0 Å². The van der Waals surface area contributed by atoms with Crippen molar-refractivity contribution in [1.29, 1.82) is 0 Å². The predicted octanol–water partition coefficient (Wildman–Crippen LogP) is 2.77. The Kier molecular flexibility index (Phi) is 1.25. The van der Waals surface area contributed by atoms with E-state index in [2.05, 4.69) is 43.8 Å². The Labute approximate surface area is 66.4 Å². The Bertz CT molecular complexity index is 215. The predicted molar refractivity (Wildman–Crippen MR) is 47.3 cm³/mol. The fraction of sp³-hybridized carbons (Fsp3) is 0.556. The van der Waals surface area contributed by atoms with Gasteiger partial charge in [-0.3, -0.25) is 0 Å². The quantitative estimate of drug-likeness (QED) is 0.521. The van der Waals surface area contributed by atoms with Crippen molar-refractivity contribution >= 4 is 11.8 Å². The van der Waals surface area contributed by atoms with Crippen LogP contribution in [0.5, 0.6) is 0 Å². The molecule has 2 aliphatic rings. The molecule has 1 aliphatic heterocycles. The lowest BCUT2D eigenvalue weighted by Crippen LogP contribution is -2.06. The van der Waals surface area contributed by atoms with Gasteiger partial charge in [0.25, 0.3) is 0 Å². The van der Waals surface area contributed by atoms with E-state index in [1.54, 1.807) is 0 Å². The molecule has 1 fully saturated rings. The second-order valence-electron chi connectivity index (χ2n) is 3.15. The molecule has 0 radical (unpaired) electrons. The lowest BCUT2D eigenvalue weighted by Gasteiger charge is -2.06. The van der Waals surface area contributed by atoms with Crippen LogP contribution in [-0.2, 0) is 0 Å². The van der Waals surface area contributed by atoms with E-state index in [0.717, 1.165) is 5.25 Å². The minimum absolute atomic E-state index is 0.485. The summed E-state index contributed by atoms with van der Waals surface area (Å²) in [6, 6.07) is 0. The normalized spacial score (nSPS) is 42.6. The number of hydrogen-bond acceptors (Lipinski definition) is 1. The van der Waals surface area contributed by atoms with Crippen LogP contribution < -0.4 is 0 Å². The van der Waals surface area contributed by atoms with Crippen LogP contribution in [0.4, 0.5) is 0 Å². The van der Waals surface area contributed by atoms with E-state index in [4.69, 9.17) is 0 Å². The fourth-order valence-corrected chi connectivity index (χ4v) is 2.35. The molecule has 1 saturated heterocycles. The van der Waals surface area contributed by atoms with Gasteiger partial charge in [0.15, 0.2) is 0 Å². The maximum atomic E-state index is 2.41. The van der Waals surface area contributed by atoms with Crippen molar-refractivity contribution in [2.24, 2.45) is 0 Å². The zero-order valence-corrected chi connectivity index (χ0v) is 7.24. The van der Waals surface area contributed by atoms with E-state index in [1.165, 1.54) is 12.0 Å². The maximum Gasteiger partial charge on any atom is 0.0474 e. The zero-order chi connectivity index (χ0) is 7.19. The molecule has 1 heterocycles. The molecule has 0 aromatic heterocycles. The van der Waals surface area contributed by atoms with E-state index < -0.39 is 0 Å². The van der Waals surface area contributed by atoms with Crippen molar-refractivity contribution in [2.45, 2.75) is 30.3 Å². The van der Waals surface area contributed by atoms with Gasteiger partial charge in [-0.25, -0.2) is 0 Å². The van der Waals surface area contributed by atoms with Crippen molar-refractivity contribution in [3.63, 3.8) is 0 Å². The summed E-state index contributed by atoms with van der Waals surface area (Å²) in [5.74, 6) is 0. The molecule has 0 nitrogen and oxygen atoms in total. The summed E-state index contributed by atoms with van der Waals surface area (Å²) in [6.45, 7) is 4.52. The minimum Gasteiger partial charge on any atom is -0.140 e. The molecule has 0 saturated carbocycles. The van der Waals surface area contributed by atoms with Crippen molar-refractivity contribution < 1.29 is 0 Å². The van der Waals surface area contributed by atoms with E-state index >= 15 is 0 Å². The maximum absolute atomic E-state index is 2.41. The summed E-state index contributed by atoms with van der Waals surface area (Å²) in [4.78, 5) is 0. The lowest BCUT2D eigenvalue weighted by atomic mass is 9.97. The number of fused-ring (bicyclic) bond motifs is 1. The van der Waals surface area contributed by atoms with Gasteiger partial charge < -0.3 is 0 Å². The molecular formula is C9H12S. The second-order valence-corrected chi connectivity index (χ2v) is 4.77. The first-order valence-electron chi connectivity index (χ1n) is 3.82. The van der Waals surface area contributed by atoms with Crippen LogP contribution in [0, 0.1) is 0 Å². The first-order valence-corrected chi connectivity index (χ1v) is 4.70. The van der Waals surface area contributed by atoms with Crippen LogP contribution in [0.1, 0.15) is 20.3 Å². The number of rotatable bonds is 1. The summed E-state index contributed by atoms with van der Waals surface area (Å²) < 4.78 is 0.485. The van der Waals surface area contributed by atoms with Gasteiger partial charge in [0.2, 0.25) is 0 Å². The molecule has 0 N–H and O–H groups in total. The summed E-state index contributed by atoms with van der Waals surface area (Å²) in [6.07, 6.45) is 8.21. The Balaban J connectivity index is 2.20. The summed E-state index contributed by atoms with van der Waals surface area (Å²) >= 11 is 2.06. The molecule has 1 aliphatic carbocycles. The highest BCUT2D eigenvalue weighted by atomic mass is 32.2. The second kappa shape index (κ2) is 1.91. The first kappa shape index (κ1) is 6.53. The third-order valence-corrected chi connectivity index (χ3v) is 3.81. The van der Waals surface area contributed by atoms with Crippen LogP contribution in [0.3, 0.4) is 0 Å². The fourth-order valence-electron chi connectivity index (χ4n) is 1.33. The van der Waals surface area contributed by atoms with Gasteiger partial charge >= 0.3 is 0 Å². The molecule has 0 spiro atoms. The molecule has 1 heteroatoms. The number of thioether (sulfide) groups is 1. The van der Waals surface area contributed by atoms with Crippen LogP contribution in [0.2, 0.25) is 0 Å². The highest BCUT2D eigenvalue weighted by Gasteiger charge is 2.49. The summed E-state index contributed by atoms with van der Waals surface area (Å²) in [5.41, 5.74) is 1.51. The van der Waals surface area contributed by atoms with Gasteiger partial charge in [0.05, 0.1) is 0 Å². The van der Waals surface area contributed by atoms with E-state index in [1.807, 2.05) is 0 Å². The van der Waals surface area contributed by atoms with Gasteiger partial charge in [-0.05, 0) is 13.3 Å². The molecule has 2 rings (SSSR count). The highest BCUT2D eigenvalue weighted by Crippen LogP contribution is 2.57. The smallest absolute Gasteiger partial charge is 0.0474 e. The average Bonchev–Trinajstić information content (AvgIpc) is 2.59. The van der Waals surface area contributed by atoms with Gasteiger partial charge in [0.1, 0.15) is 0 Å². The molecule has 0 bridgehead atoms. The Morgan fingerprint density at radius 1 is 1.70 bits per heavy atom. The third-order valence-electron chi connectivity index (χ3n) is 2.29. The Hall–Kier alpha value is -0.170. The van der Waals surface area contributed by atoms with Crippen LogP contribution >= 0.6 is 11.8 Å². The number of hydrogen-bond donors (Lipinski definition) is 0. The van der Waals surface area contributed by atoms with Crippen molar-refractivity contribution in [2.75, 3.05) is 0 Å². The highest BCUT2D eigenvalue weighted by molar-refractivity contribution is 8.09. The minimum atomic E-state index is 0.485. The van der Waals surface area contributed by atoms with Gasteiger partial charge in [-0.2, -0.15) is 0 Å². The molecule has 0 amide bonds. The Morgan fingerprint density at radius 3 is 3.10 bits per heavy atom. The van der Waals surface area contributed by atoms with Crippen molar-refractivity contribution in [3.8, 4) is 0 Å². The molecule has 10 heavy (non-hydrogen) atoms. The SMILES string of the molecule is CCC1=CC2SC2(C)C=C1. The molecule has 0 aromatic rings. The third kappa shape index (κ3) is 0.842. The largest absolute Gasteiger partial charge is 0.140 e. The average molecular weight is 152 g/mol. The van der Waals surface area contributed by atoms with Crippen LogP contribution in [-0.4, -0.2) is 10.00 Å². The van der Waals surface area contributed by atoms with Gasteiger partial charge in [-0.1, -0.05) is 30.7 Å². The van der Waals surface area contributed by atoms with Gasteiger partial charge in [-0.15, -0.1) is 11.8 Å². The molecule has 2 atom stereocenters. The zero-order valence-electron chi connectivity index (χ0n) is 6.42. The lowest BCUT2D eigenvalue weighted by molar-refractivity contribution is 0.900. The van der Waals surface area contributed by atoms with E-state index in [-0.39, 0.29) is 0 Å². The summed E-state index contributed by atoms with van der Waals surface area (Å²) in [7, 11) is 0. The Morgan fingerprint density at radius 2 is 2.50 bits per heavy atom. The standard InChI is InChI=1S/C9H12S/c1-3-7-4-5-9(2)8(6-7)10-9/h4-6,8H,3H2,1-2H3. The summed E-state index contributed by atoms with van der Waals surface area (Å²) in [5, 5.41) is 0.799. The van der Waals surface area contributed by atoms with E-state index in [0.29, 0.717) is 4.75 Å². The van der Waals surface area contributed by atoms with Gasteiger partial charge in [0, 0.05) is 10.00 Å². The number of allylic oxidation sites excluding steroid dienone is 2. The van der Waals surface area contributed by atoms with Crippen LogP contribution in [0.25, 0.3) is 0 Å². The van der Waals surface area contributed by atoms with Crippen LogP contribution in [0.15, 0.2) is 23.8 Å². The first-order chi connectivity index (χ1) is 4.74. The van der Waals surface area contributed by atoms with Crippen molar-refractivity contribution in [1.82, 2.24) is 0 Å². The molecular weight excluding hydrogens is 140 g/mol. The molecule has 0 aromatic carbocycles. The van der Waals surface area contributed by atoms with Crippen molar-refractivity contribution in [3.05, 3.63) is 23.8 Å². The molecule has 2 unspecified atom stereocenters. The van der Waals surface area contributed by atoms with E-state index in [9.17, 15) is 0 Å². The monoisotopic (exact) mass is 152 g/mol. The molecule has 54 valence electrons.